The van der Waals surface area contributed by atoms with Gasteiger partial charge in [-0.3, -0.25) is 14.6 Å². The number of rotatable bonds is 7. The van der Waals surface area contributed by atoms with Crippen molar-refractivity contribution in [1.29, 1.82) is 5.26 Å². The number of hydrogen-bond donors (Lipinski definition) is 2. The van der Waals surface area contributed by atoms with E-state index >= 15 is 0 Å². The third-order valence-electron chi connectivity index (χ3n) is 3.62. The first-order valence-corrected chi connectivity index (χ1v) is 8.20. The van der Waals surface area contributed by atoms with Crippen molar-refractivity contribution in [1.82, 2.24) is 15.2 Å². The quantitative estimate of drug-likeness (QED) is 0.742. The number of nitrogens with zero attached hydrogens (tertiary/aromatic N) is 3. The average molecular weight is 351 g/mol. The third-order valence-corrected chi connectivity index (χ3v) is 3.62. The van der Waals surface area contributed by atoms with Crippen LogP contribution in [-0.4, -0.2) is 48.9 Å². The van der Waals surface area contributed by atoms with E-state index in [9.17, 15) is 9.59 Å². The van der Waals surface area contributed by atoms with Gasteiger partial charge in [-0.15, -0.1) is 0 Å². The van der Waals surface area contributed by atoms with Crippen LogP contribution in [0.1, 0.15) is 32.8 Å². The molecule has 0 aliphatic rings. The number of benzene rings is 1. The zero-order valence-electron chi connectivity index (χ0n) is 14.8. The molecule has 26 heavy (non-hydrogen) atoms. The number of amides is 2. The molecule has 1 heterocycles. The molecular weight excluding hydrogens is 330 g/mol. The predicted octanol–water partition coefficient (Wildman–Crippen LogP) is 1.89. The van der Waals surface area contributed by atoms with Crippen molar-refractivity contribution >= 4 is 17.5 Å². The summed E-state index contributed by atoms with van der Waals surface area (Å²) < 4.78 is 0. The monoisotopic (exact) mass is 351 g/mol. The second-order valence-corrected chi connectivity index (χ2v) is 5.95. The van der Waals surface area contributed by atoms with Gasteiger partial charge in [-0.2, -0.15) is 5.26 Å². The number of pyridine rings is 1. The number of aromatic nitrogens is 1. The molecule has 2 amide bonds. The second kappa shape index (κ2) is 9.30. The summed E-state index contributed by atoms with van der Waals surface area (Å²) in [4.78, 5) is 30.6. The van der Waals surface area contributed by atoms with Gasteiger partial charge in [-0.25, -0.2) is 0 Å². The van der Waals surface area contributed by atoms with E-state index in [1.807, 2.05) is 25.1 Å². The van der Waals surface area contributed by atoms with Gasteiger partial charge in [0.1, 0.15) is 11.8 Å². The molecule has 0 spiro atoms. The molecule has 0 radical (unpaired) electrons. The van der Waals surface area contributed by atoms with E-state index in [0.717, 1.165) is 13.0 Å². The zero-order chi connectivity index (χ0) is 18.9. The van der Waals surface area contributed by atoms with Crippen LogP contribution in [0.15, 0.2) is 42.6 Å². The molecule has 1 aromatic carbocycles. The summed E-state index contributed by atoms with van der Waals surface area (Å²) in [6.07, 6.45) is 2.24. The van der Waals surface area contributed by atoms with Crippen molar-refractivity contribution in [3.8, 4) is 6.07 Å². The van der Waals surface area contributed by atoms with E-state index in [0.29, 0.717) is 23.4 Å². The van der Waals surface area contributed by atoms with Gasteiger partial charge in [0, 0.05) is 18.3 Å². The highest BCUT2D eigenvalue weighted by molar-refractivity contribution is 6.06. The molecule has 0 bridgehead atoms. The van der Waals surface area contributed by atoms with Gasteiger partial charge in [0.05, 0.1) is 11.3 Å². The number of para-hydroxylation sites is 1. The first-order valence-electron chi connectivity index (χ1n) is 8.20. The largest absolute Gasteiger partial charge is 0.351 e. The zero-order valence-corrected chi connectivity index (χ0v) is 14.8. The predicted molar refractivity (Wildman–Crippen MR) is 98.9 cm³/mol. The van der Waals surface area contributed by atoms with Gasteiger partial charge < -0.3 is 15.5 Å². The second-order valence-electron chi connectivity index (χ2n) is 5.95. The van der Waals surface area contributed by atoms with Gasteiger partial charge in [0.25, 0.3) is 11.8 Å². The van der Waals surface area contributed by atoms with Crippen LogP contribution in [0, 0.1) is 11.3 Å². The fourth-order valence-electron chi connectivity index (χ4n) is 2.27. The van der Waals surface area contributed by atoms with Crippen LogP contribution in [-0.2, 0) is 0 Å². The fraction of sp³-hybridized carbons (Fsp3) is 0.263. The molecule has 0 aliphatic heterocycles. The highest BCUT2D eigenvalue weighted by atomic mass is 16.2. The summed E-state index contributed by atoms with van der Waals surface area (Å²) in [5, 5.41) is 14.6. The van der Waals surface area contributed by atoms with Crippen LogP contribution in [0.2, 0.25) is 0 Å². The first-order chi connectivity index (χ1) is 12.5. The Balaban J connectivity index is 2.02. The highest BCUT2D eigenvalue weighted by Crippen LogP contribution is 2.15. The summed E-state index contributed by atoms with van der Waals surface area (Å²) in [5.41, 5.74) is 1.27. The minimum absolute atomic E-state index is 0.177. The normalized spacial score (nSPS) is 10.2. The van der Waals surface area contributed by atoms with Crippen molar-refractivity contribution < 1.29 is 9.59 Å². The standard InChI is InChI=1S/C19H21N5O2/c1-24(2)11-5-9-22-19(26)17-12-14(8-10-21-17)18(25)23-16-7-4-3-6-15(16)13-20/h3-4,6-8,10,12H,5,9,11H2,1-2H3,(H,22,26)(H,23,25). The van der Waals surface area contributed by atoms with Crippen LogP contribution in [0.3, 0.4) is 0 Å². The maximum atomic E-state index is 12.4. The van der Waals surface area contributed by atoms with Gasteiger partial charge >= 0.3 is 0 Å². The Kier molecular flexibility index (Phi) is 6.83. The van der Waals surface area contributed by atoms with Crippen LogP contribution in [0.25, 0.3) is 0 Å². The van der Waals surface area contributed by atoms with Gasteiger partial charge in [0.15, 0.2) is 0 Å². The molecule has 0 aliphatic carbocycles. The van der Waals surface area contributed by atoms with E-state index in [4.69, 9.17) is 5.26 Å². The first kappa shape index (κ1) is 19.1. The summed E-state index contributed by atoms with van der Waals surface area (Å²) in [6.45, 7) is 1.40. The van der Waals surface area contributed by atoms with Crippen LogP contribution < -0.4 is 10.6 Å². The molecule has 0 unspecified atom stereocenters. The van der Waals surface area contributed by atoms with Crippen molar-refractivity contribution in [3.63, 3.8) is 0 Å². The van der Waals surface area contributed by atoms with Crippen molar-refractivity contribution in [2.24, 2.45) is 0 Å². The summed E-state index contributed by atoms with van der Waals surface area (Å²) in [7, 11) is 3.94. The van der Waals surface area contributed by atoms with Gasteiger partial charge in [-0.05, 0) is 51.3 Å². The molecule has 2 rings (SSSR count). The lowest BCUT2D eigenvalue weighted by Crippen LogP contribution is -2.28. The maximum Gasteiger partial charge on any atom is 0.269 e. The summed E-state index contributed by atoms with van der Waals surface area (Å²) in [5.74, 6) is -0.729. The van der Waals surface area contributed by atoms with Crippen LogP contribution in [0.4, 0.5) is 5.69 Å². The number of nitriles is 1. The lowest BCUT2D eigenvalue weighted by molar-refractivity contribution is 0.0947. The molecular formula is C19H21N5O2. The number of nitrogens with one attached hydrogen (secondary N) is 2. The number of anilines is 1. The van der Waals surface area contributed by atoms with Crippen LogP contribution >= 0.6 is 0 Å². The summed E-state index contributed by atoms with van der Waals surface area (Å²) >= 11 is 0. The SMILES string of the molecule is CN(C)CCCNC(=O)c1cc(C(=O)Nc2ccccc2C#N)ccn1. The Hall–Kier alpha value is -3.24. The fourth-order valence-corrected chi connectivity index (χ4v) is 2.27. The van der Waals surface area contributed by atoms with E-state index in [1.165, 1.54) is 18.3 Å². The molecule has 134 valence electrons. The molecule has 7 heteroatoms. The van der Waals surface area contributed by atoms with E-state index in [2.05, 4.69) is 15.6 Å². The Labute approximate surface area is 152 Å². The van der Waals surface area contributed by atoms with Crippen molar-refractivity contribution in [2.75, 3.05) is 32.5 Å². The number of hydrogen-bond acceptors (Lipinski definition) is 5. The molecule has 2 aromatic rings. The molecule has 0 atom stereocenters. The third kappa shape index (κ3) is 5.40. The number of carbonyl (C=O) groups is 2. The Morgan fingerprint density at radius 1 is 1.19 bits per heavy atom. The molecule has 0 fully saturated rings. The molecule has 0 saturated carbocycles. The van der Waals surface area contributed by atoms with Gasteiger partial charge in [-0.1, -0.05) is 12.1 Å². The minimum atomic E-state index is -0.406. The lowest BCUT2D eigenvalue weighted by atomic mass is 10.1. The summed E-state index contributed by atoms with van der Waals surface area (Å²) in [6, 6.07) is 11.7. The lowest BCUT2D eigenvalue weighted by Gasteiger charge is -2.10. The van der Waals surface area contributed by atoms with Crippen LogP contribution in [0.5, 0.6) is 0 Å². The highest BCUT2D eigenvalue weighted by Gasteiger charge is 2.13. The Morgan fingerprint density at radius 3 is 2.69 bits per heavy atom. The molecule has 7 nitrogen and oxygen atoms in total. The van der Waals surface area contributed by atoms with Crippen molar-refractivity contribution in [2.45, 2.75) is 6.42 Å². The van der Waals surface area contributed by atoms with E-state index in [1.54, 1.807) is 24.3 Å². The smallest absolute Gasteiger partial charge is 0.269 e. The van der Waals surface area contributed by atoms with E-state index in [-0.39, 0.29) is 11.6 Å². The average Bonchev–Trinajstić information content (AvgIpc) is 2.65. The van der Waals surface area contributed by atoms with Crippen molar-refractivity contribution in [3.05, 3.63) is 59.4 Å². The Bertz CT molecular complexity index is 827. The van der Waals surface area contributed by atoms with Gasteiger partial charge in [0.2, 0.25) is 0 Å². The number of carbonyl (C=O) groups excluding carboxylic acids is 2. The minimum Gasteiger partial charge on any atom is -0.351 e. The molecule has 1 aromatic heterocycles. The Morgan fingerprint density at radius 2 is 1.96 bits per heavy atom. The van der Waals surface area contributed by atoms with E-state index < -0.39 is 5.91 Å². The molecule has 0 saturated heterocycles. The molecule has 2 N–H and O–H groups in total. The maximum absolute atomic E-state index is 12.4. The topological polar surface area (TPSA) is 98.1 Å².